The lowest BCUT2D eigenvalue weighted by molar-refractivity contribution is 0.828. The normalized spacial score (nSPS) is 15.3. The Morgan fingerprint density at radius 3 is 2.84 bits per heavy atom. The minimum absolute atomic E-state index is 0.514. The molecular formula is C12H8Cl2N4S. The first-order chi connectivity index (χ1) is 9.22. The highest BCUT2D eigenvalue weighted by Crippen LogP contribution is 2.40. The molecule has 0 amide bonds. The molecule has 1 fully saturated rings. The summed E-state index contributed by atoms with van der Waals surface area (Å²) in [5.41, 5.74) is 0.839. The highest BCUT2D eigenvalue weighted by molar-refractivity contribution is 7.19. The van der Waals surface area contributed by atoms with Crippen molar-refractivity contribution in [3.8, 4) is 10.6 Å². The van der Waals surface area contributed by atoms with Crippen molar-refractivity contribution in [1.82, 2.24) is 19.8 Å². The third-order valence-corrected chi connectivity index (χ3v) is 4.61. The van der Waals surface area contributed by atoms with Gasteiger partial charge in [0.05, 0.1) is 5.02 Å². The van der Waals surface area contributed by atoms with Gasteiger partial charge in [0.25, 0.3) is 0 Å². The standard InChI is InChI=1S/C12H8Cl2N4S/c13-7-3-4-9(14)8(5-7)11-17-18-10(6-1-2-6)15-16-12(18)19-11/h3-6H,1-2H2. The number of hydrogen-bond acceptors (Lipinski definition) is 4. The molecule has 96 valence electrons. The van der Waals surface area contributed by atoms with Crippen LogP contribution in [0.1, 0.15) is 24.6 Å². The fourth-order valence-electron chi connectivity index (χ4n) is 2.00. The molecule has 0 spiro atoms. The van der Waals surface area contributed by atoms with Crippen LogP contribution in [0.4, 0.5) is 0 Å². The third-order valence-electron chi connectivity index (χ3n) is 3.12. The second-order valence-corrected chi connectivity index (χ2v) is 6.36. The summed E-state index contributed by atoms with van der Waals surface area (Å²) in [6.07, 6.45) is 2.34. The lowest BCUT2D eigenvalue weighted by Gasteiger charge is -1.99. The Morgan fingerprint density at radius 1 is 1.21 bits per heavy atom. The van der Waals surface area contributed by atoms with E-state index in [-0.39, 0.29) is 0 Å². The van der Waals surface area contributed by atoms with Crippen LogP contribution in [-0.2, 0) is 0 Å². The molecule has 7 heteroatoms. The first-order valence-electron chi connectivity index (χ1n) is 5.90. The molecule has 1 saturated carbocycles. The van der Waals surface area contributed by atoms with Gasteiger partial charge in [-0.2, -0.15) is 9.61 Å². The fraction of sp³-hybridized carbons (Fsp3) is 0.250. The third kappa shape index (κ3) is 1.93. The summed E-state index contributed by atoms with van der Waals surface area (Å²) in [6, 6.07) is 5.37. The van der Waals surface area contributed by atoms with Crippen LogP contribution >= 0.6 is 34.5 Å². The molecule has 1 aromatic carbocycles. The van der Waals surface area contributed by atoms with Crippen LogP contribution < -0.4 is 0 Å². The second kappa shape index (κ2) is 4.16. The highest BCUT2D eigenvalue weighted by Gasteiger charge is 2.30. The molecule has 0 aliphatic heterocycles. The molecule has 0 unspecified atom stereocenters. The van der Waals surface area contributed by atoms with Crippen molar-refractivity contribution in [2.45, 2.75) is 18.8 Å². The monoisotopic (exact) mass is 310 g/mol. The molecule has 3 aromatic rings. The SMILES string of the molecule is Clc1ccc(Cl)c(-c2nn3c(C4CC4)nnc3s2)c1. The van der Waals surface area contributed by atoms with E-state index in [2.05, 4.69) is 15.3 Å². The number of rotatable bonds is 2. The van der Waals surface area contributed by atoms with E-state index in [0.29, 0.717) is 16.0 Å². The van der Waals surface area contributed by atoms with Crippen LogP contribution in [0, 0.1) is 0 Å². The molecule has 19 heavy (non-hydrogen) atoms. The molecule has 4 rings (SSSR count). The number of aromatic nitrogens is 4. The Hall–Kier alpha value is -1.17. The van der Waals surface area contributed by atoms with Gasteiger partial charge in [0.15, 0.2) is 5.82 Å². The molecule has 1 aliphatic carbocycles. The fourth-order valence-corrected chi connectivity index (χ4v) is 3.31. The predicted molar refractivity (Wildman–Crippen MR) is 76.1 cm³/mol. The second-order valence-electron chi connectivity index (χ2n) is 4.56. The quantitative estimate of drug-likeness (QED) is 0.717. The summed E-state index contributed by atoms with van der Waals surface area (Å²) in [4.78, 5) is 0.799. The van der Waals surface area contributed by atoms with Gasteiger partial charge in [-0.25, -0.2) is 0 Å². The average Bonchev–Trinajstić information content (AvgIpc) is 3.01. The molecule has 0 atom stereocenters. The topological polar surface area (TPSA) is 43.1 Å². The molecule has 2 aromatic heterocycles. The molecule has 4 nitrogen and oxygen atoms in total. The van der Waals surface area contributed by atoms with Gasteiger partial charge in [-0.15, -0.1) is 10.2 Å². The van der Waals surface area contributed by atoms with Crippen LogP contribution in [0.3, 0.4) is 0 Å². The summed E-state index contributed by atoms with van der Waals surface area (Å²) < 4.78 is 1.83. The smallest absolute Gasteiger partial charge is 0.187 e. The summed E-state index contributed by atoms with van der Waals surface area (Å²) in [6.45, 7) is 0. The van der Waals surface area contributed by atoms with Crippen LogP contribution in [0.25, 0.3) is 15.5 Å². The Kier molecular flexibility index (Phi) is 2.55. The largest absolute Gasteiger partial charge is 0.234 e. The first-order valence-corrected chi connectivity index (χ1v) is 7.47. The Balaban J connectivity index is 1.88. The van der Waals surface area contributed by atoms with Gasteiger partial charge < -0.3 is 0 Å². The lowest BCUT2D eigenvalue weighted by Crippen LogP contribution is -1.93. The highest BCUT2D eigenvalue weighted by atomic mass is 35.5. The zero-order chi connectivity index (χ0) is 13.0. The molecule has 0 saturated heterocycles. The van der Waals surface area contributed by atoms with Gasteiger partial charge in [-0.1, -0.05) is 34.5 Å². The maximum atomic E-state index is 6.20. The summed E-state index contributed by atoms with van der Waals surface area (Å²) in [5.74, 6) is 1.47. The van der Waals surface area contributed by atoms with Gasteiger partial charge in [-0.05, 0) is 31.0 Å². The minimum atomic E-state index is 0.514. The lowest BCUT2D eigenvalue weighted by atomic mass is 10.2. The van der Waals surface area contributed by atoms with Gasteiger partial charge in [0, 0.05) is 16.5 Å². The van der Waals surface area contributed by atoms with Crippen molar-refractivity contribution in [1.29, 1.82) is 0 Å². The molecular weight excluding hydrogens is 303 g/mol. The van der Waals surface area contributed by atoms with E-state index >= 15 is 0 Å². The minimum Gasteiger partial charge on any atom is -0.187 e. The summed E-state index contributed by atoms with van der Waals surface area (Å²) >= 11 is 13.7. The number of hydrogen-bond donors (Lipinski definition) is 0. The Morgan fingerprint density at radius 2 is 2.05 bits per heavy atom. The molecule has 1 aliphatic rings. The van der Waals surface area contributed by atoms with E-state index in [4.69, 9.17) is 23.2 Å². The predicted octanol–water partition coefficient (Wildman–Crippen LogP) is 4.04. The van der Waals surface area contributed by atoms with E-state index < -0.39 is 0 Å². The van der Waals surface area contributed by atoms with Crippen LogP contribution in [0.2, 0.25) is 10.0 Å². The van der Waals surface area contributed by atoms with Crippen LogP contribution in [-0.4, -0.2) is 19.8 Å². The zero-order valence-electron chi connectivity index (χ0n) is 9.68. The van der Waals surface area contributed by atoms with E-state index in [0.717, 1.165) is 21.4 Å². The number of benzene rings is 1. The van der Waals surface area contributed by atoms with E-state index in [9.17, 15) is 0 Å². The zero-order valence-corrected chi connectivity index (χ0v) is 12.0. The number of nitrogens with zero attached hydrogens (tertiary/aromatic N) is 4. The van der Waals surface area contributed by atoms with E-state index in [1.165, 1.54) is 24.2 Å². The van der Waals surface area contributed by atoms with Crippen molar-refractivity contribution in [2.24, 2.45) is 0 Å². The van der Waals surface area contributed by atoms with E-state index in [1.807, 2.05) is 10.6 Å². The van der Waals surface area contributed by atoms with Gasteiger partial charge in [0.2, 0.25) is 4.96 Å². The van der Waals surface area contributed by atoms with Gasteiger partial charge >= 0.3 is 0 Å². The number of fused-ring (bicyclic) bond motifs is 1. The number of halogens is 2. The molecule has 0 bridgehead atoms. The van der Waals surface area contributed by atoms with Gasteiger partial charge in [0.1, 0.15) is 5.01 Å². The average molecular weight is 311 g/mol. The maximum Gasteiger partial charge on any atom is 0.234 e. The maximum absolute atomic E-state index is 6.20. The summed E-state index contributed by atoms with van der Waals surface area (Å²) in [7, 11) is 0. The van der Waals surface area contributed by atoms with Crippen LogP contribution in [0.15, 0.2) is 18.2 Å². The first kappa shape index (κ1) is 11.6. The molecule has 0 radical (unpaired) electrons. The molecule has 2 heterocycles. The Labute approximate surface area is 123 Å². The van der Waals surface area contributed by atoms with E-state index in [1.54, 1.807) is 12.1 Å². The van der Waals surface area contributed by atoms with Crippen molar-refractivity contribution < 1.29 is 0 Å². The Bertz CT molecular complexity index is 775. The van der Waals surface area contributed by atoms with Crippen molar-refractivity contribution in [2.75, 3.05) is 0 Å². The van der Waals surface area contributed by atoms with Gasteiger partial charge in [-0.3, -0.25) is 0 Å². The molecule has 0 N–H and O–H groups in total. The van der Waals surface area contributed by atoms with Crippen molar-refractivity contribution in [3.63, 3.8) is 0 Å². The summed E-state index contributed by atoms with van der Waals surface area (Å²) in [5, 5.41) is 15.0. The van der Waals surface area contributed by atoms with Crippen molar-refractivity contribution >= 4 is 39.5 Å². The van der Waals surface area contributed by atoms with Crippen LogP contribution in [0.5, 0.6) is 0 Å². The van der Waals surface area contributed by atoms with Crippen molar-refractivity contribution in [3.05, 3.63) is 34.1 Å².